The zero-order valence-corrected chi connectivity index (χ0v) is 15.0. The van der Waals surface area contributed by atoms with E-state index in [4.69, 9.17) is 18.4 Å². The Labute approximate surface area is 151 Å². The molecule has 1 aromatic carbocycles. The van der Waals surface area contributed by atoms with Gasteiger partial charge >= 0.3 is 5.97 Å². The van der Waals surface area contributed by atoms with Crippen molar-refractivity contribution in [3.05, 3.63) is 59.5 Å². The quantitative estimate of drug-likeness (QED) is 0.581. The summed E-state index contributed by atoms with van der Waals surface area (Å²) in [4.78, 5) is 11.9. The van der Waals surface area contributed by atoms with Gasteiger partial charge < -0.3 is 18.4 Å². The van der Waals surface area contributed by atoms with E-state index in [1.165, 1.54) is 5.56 Å². The summed E-state index contributed by atoms with van der Waals surface area (Å²) in [5.74, 6) is 1.67. The molecule has 0 bridgehead atoms. The molecule has 0 aliphatic heterocycles. The highest BCUT2D eigenvalue weighted by atomic mass is 16.6. The lowest BCUT2D eigenvalue weighted by Crippen LogP contribution is -2.15. The van der Waals surface area contributed by atoms with E-state index >= 15 is 0 Å². The molecule has 0 N–H and O–H groups in total. The van der Waals surface area contributed by atoms with Crippen molar-refractivity contribution in [2.75, 3.05) is 6.61 Å². The van der Waals surface area contributed by atoms with E-state index in [1.807, 2.05) is 25.1 Å². The summed E-state index contributed by atoms with van der Waals surface area (Å²) < 4.78 is 21.0. The number of carbonyl (C=O) groups excluding carboxylic acids is 1. The molecule has 2 heterocycles. The van der Waals surface area contributed by atoms with E-state index < -0.39 is 5.97 Å². The average Bonchev–Trinajstić information content (AvgIpc) is 3.29. The molecule has 136 valence electrons. The molecule has 0 spiro atoms. The fraction of sp³-hybridized carbons (Fsp3) is 0.300. The maximum absolute atomic E-state index is 11.9. The number of ether oxygens (including phenoxy) is 2. The molecule has 6 nitrogen and oxygen atoms in total. The molecule has 0 atom stereocenters. The van der Waals surface area contributed by atoms with Gasteiger partial charge in [0.25, 0.3) is 0 Å². The van der Waals surface area contributed by atoms with Gasteiger partial charge in [-0.3, -0.25) is 0 Å². The highest BCUT2D eigenvalue weighted by Crippen LogP contribution is 2.23. The maximum Gasteiger partial charge on any atom is 0.344 e. The largest absolute Gasteiger partial charge is 0.482 e. The molecule has 0 fully saturated rings. The van der Waals surface area contributed by atoms with Crippen LogP contribution in [0.15, 0.2) is 51.6 Å². The Kier molecular flexibility index (Phi) is 5.41. The predicted octanol–water partition coefficient (Wildman–Crippen LogP) is 4.49. The van der Waals surface area contributed by atoms with Gasteiger partial charge in [-0.15, -0.1) is 0 Å². The minimum atomic E-state index is -0.474. The number of esters is 1. The third kappa shape index (κ3) is 4.33. The van der Waals surface area contributed by atoms with Gasteiger partial charge in [-0.05, 0) is 48.2 Å². The van der Waals surface area contributed by atoms with Crippen LogP contribution in [-0.4, -0.2) is 17.7 Å². The number of hydrogen-bond acceptors (Lipinski definition) is 6. The molecule has 3 rings (SSSR count). The Morgan fingerprint density at radius 1 is 1.19 bits per heavy atom. The highest BCUT2D eigenvalue weighted by Gasteiger charge is 2.12. The van der Waals surface area contributed by atoms with Crippen LogP contribution in [-0.2, 0) is 16.1 Å². The number of aryl methyl sites for hydroxylation is 1. The molecule has 2 aromatic heterocycles. The maximum atomic E-state index is 11.9. The molecule has 6 heteroatoms. The first-order valence-electron chi connectivity index (χ1n) is 8.41. The molecule has 0 amide bonds. The number of nitrogens with zero attached hydrogens (tertiary/aromatic N) is 1. The molecule has 26 heavy (non-hydrogen) atoms. The van der Waals surface area contributed by atoms with Crippen molar-refractivity contribution < 1.29 is 23.2 Å². The van der Waals surface area contributed by atoms with Crippen LogP contribution in [0.5, 0.6) is 5.75 Å². The van der Waals surface area contributed by atoms with Crippen molar-refractivity contribution in [1.82, 2.24) is 5.16 Å². The molecule has 0 saturated carbocycles. The number of aromatic nitrogens is 1. The van der Waals surface area contributed by atoms with Crippen molar-refractivity contribution in [3.8, 4) is 17.3 Å². The smallest absolute Gasteiger partial charge is 0.344 e. The van der Waals surface area contributed by atoms with Gasteiger partial charge in [0.05, 0.1) is 6.26 Å². The number of carbonyl (C=O) groups is 1. The van der Waals surface area contributed by atoms with Gasteiger partial charge in [0, 0.05) is 6.07 Å². The Balaban J connectivity index is 1.48. The summed E-state index contributed by atoms with van der Waals surface area (Å²) in [5.41, 5.74) is 2.90. The van der Waals surface area contributed by atoms with E-state index in [1.54, 1.807) is 24.5 Å². The lowest BCUT2D eigenvalue weighted by molar-refractivity contribution is -0.147. The second-order valence-electron chi connectivity index (χ2n) is 6.28. The van der Waals surface area contributed by atoms with Gasteiger partial charge in [-0.1, -0.05) is 25.1 Å². The van der Waals surface area contributed by atoms with Gasteiger partial charge in [-0.25, -0.2) is 4.79 Å². The van der Waals surface area contributed by atoms with E-state index in [9.17, 15) is 4.79 Å². The number of furan rings is 1. The van der Waals surface area contributed by atoms with Gasteiger partial charge in [-0.2, -0.15) is 0 Å². The number of rotatable bonds is 7. The van der Waals surface area contributed by atoms with Gasteiger partial charge in [0.1, 0.15) is 18.1 Å². The topological polar surface area (TPSA) is 74.7 Å². The van der Waals surface area contributed by atoms with E-state index in [-0.39, 0.29) is 13.2 Å². The Morgan fingerprint density at radius 3 is 2.73 bits per heavy atom. The second-order valence-corrected chi connectivity index (χ2v) is 6.28. The van der Waals surface area contributed by atoms with Crippen LogP contribution in [0.3, 0.4) is 0 Å². The SMILES string of the molecule is Cc1cc(OCC(=O)OCc2cc(-c3ccco3)on2)ccc1C(C)C. The van der Waals surface area contributed by atoms with Crippen LogP contribution in [0.4, 0.5) is 0 Å². The molecule has 0 aliphatic carbocycles. The monoisotopic (exact) mass is 355 g/mol. The highest BCUT2D eigenvalue weighted by molar-refractivity contribution is 5.71. The van der Waals surface area contributed by atoms with Crippen LogP contribution in [0.1, 0.15) is 36.6 Å². The second kappa shape index (κ2) is 7.91. The minimum absolute atomic E-state index is 0.0116. The van der Waals surface area contributed by atoms with Crippen molar-refractivity contribution in [2.45, 2.75) is 33.3 Å². The normalized spacial score (nSPS) is 10.9. The van der Waals surface area contributed by atoms with Crippen molar-refractivity contribution >= 4 is 5.97 Å². The van der Waals surface area contributed by atoms with Crippen molar-refractivity contribution in [1.29, 1.82) is 0 Å². The first kappa shape index (κ1) is 17.8. The van der Waals surface area contributed by atoms with Gasteiger partial charge in [0.15, 0.2) is 12.4 Å². The number of benzene rings is 1. The van der Waals surface area contributed by atoms with Crippen LogP contribution in [0.25, 0.3) is 11.5 Å². The molecule has 0 saturated heterocycles. The van der Waals surface area contributed by atoms with Crippen LogP contribution >= 0.6 is 0 Å². The molecule has 3 aromatic rings. The summed E-state index contributed by atoms with van der Waals surface area (Å²) in [5, 5.41) is 3.85. The molecule has 0 unspecified atom stereocenters. The standard InChI is InChI=1S/C20H21NO5/c1-13(2)17-7-6-16(9-14(17)3)24-12-20(22)25-11-15-10-19(26-21-15)18-5-4-8-23-18/h4-10,13H,11-12H2,1-3H3. The number of hydrogen-bond donors (Lipinski definition) is 0. The summed E-state index contributed by atoms with van der Waals surface area (Å²) in [7, 11) is 0. The van der Waals surface area contributed by atoms with Crippen LogP contribution in [0, 0.1) is 6.92 Å². The average molecular weight is 355 g/mol. The fourth-order valence-electron chi connectivity index (χ4n) is 2.64. The van der Waals surface area contributed by atoms with E-state index in [0.717, 1.165) is 5.56 Å². The van der Waals surface area contributed by atoms with Crippen molar-refractivity contribution in [2.24, 2.45) is 0 Å². The fourth-order valence-corrected chi connectivity index (χ4v) is 2.64. The predicted molar refractivity (Wildman–Crippen MR) is 94.8 cm³/mol. The Hall–Kier alpha value is -3.02. The zero-order chi connectivity index (χ0) is 18.5. The molecular formula is C20H21NO5. The minimum Gasteiger partial charge on any atom is -0.482 e. The lowest BCUT2D eigenvalue weighted by atomic mass is 9.98. The Bertz CT molecular complexity index is 864. The Morgan fingerprint density at radius 2 is 2.04 bits per heavy atom. The molecule has 0 aliphatic rings. The molecule has 0 radical (unpaired) electrons. The van der Waals surface area contributed by atoms with Gasteiger partial charge in [0.2, 0.25) is 5.76 Å². The first-order valence-corrected chi connectivity index (χ1v) is 8.41. The zero-order valence-electron chi connectivity index (χ0n) is 15.0. The van der Waals surface area contributed by atoms with Crippen molar-refractivity contribution in [3.63, 3.8) is 0 Å². The van der Waals surface area contributed by atoms with E-state index in [2.05, 4.69) is 19.0 Å². The first-order chi connectivity index (χ1) is 12.5. The summed E-state index contributed by atoms with van der Waals surface area (Å²) >= 11 is 0. The summed E-state index contributed by atoms with van der Waals surface area (Å²) in [6, 6.07) is 11.0. The lowest BCUT2D eigenvalue weighted by Gasteiger charge is -2.12. The van der Waals surface area contributed by atoms with Crippen LogP contribution < -0.4 is 4.74 Å². The third-order valence-electron chi connectivity index (χ3n) is 3.92. The third-order valence-corrected chi connectivity index (χ3v) is 3.92. The molecular weight excluding hydrogens is 334 g/mol. The van der Waals surface area contributed by atoms with E-state index in [0.29, 0.717) is 28.9 Å². The summed E-state index contributed by atoms with van der Waals surface area (Å²) in [6.45, 7) is 6.16. The summed E-state index contributed by atoms with van der Waals surface area (Å²) in [6.07, 6.45) is 1.55. The van der Waals surface area contributed by atoms with Crippen LogP contribution in [0.2, 0.25) is 0 Å².